The minimum Gasteiger partial charge on any atom is -0.340 e. The van der Waals surface area contributed by atoms with E-state index in [0.717, 1.165) is 32.4 Å². The molecule has 1 N–H and O–H groups in total. The Morgan fingerprint density at radius 1 is 1.00 bits per heavy atom. The predicted molar refractivity (Wildman–Crippen MR) is 96.8 cm³/mol. The van der Waals surface area contributed by atoms with Gasteiger partial charge in [0.1, 0.15) is 0 Å². The predicted octanol–water partition coefficient (Wildman–Crippen LogP) is 2.19. The Balaban J connectivity index is 0.00000208. The molecule has 1 aromatic rings. The highest BCUT2D eigenvalue weighted by Crippen LogP contribution is 2.15. The molecule has 132 valence electrons. The third-order valence-corrected chi connectivity index (χ3v) is 4.80. The molecule has 24 heavy (non-hydrogen) atoms. The number of halogens is 2. The minimum absolute atomic E-state index is 0. The van der Waals surface area contributed by atoms with E-state index in [9.17, 15) is 9.59 Å². The van der Waals surface area contributed by atoms with E-state index < -0.39 is 0 Å². The molecule has 1 atom stereocenters. The van der Waals surface area contributed by atoms with E-state index >= 15 is 0 Å². The zero-order valence-electron chi connectivity index (χ0n) is 13.5. The first-order valence-electron chi connectivity index (χ1n) is 8.22. The van der Waals surface area contributed by atoms with Crippen molar-refractivity contribution in [2.45, 2.75) is 25.3 Å². The summed E-state index contributed by atoms with van der Waals surface area (Å²) in [6.45, 7) is 3.52. The Labute approximate surface area is 153 Å². The fourth-order valence-electron chi connectivity index (χ4n) is 3.23. The molecule has 0 radical (unpaired) electrons. The highest BCUT2D eigenvalue weighted by Gasteiger charge is 2.29. The summed E-state index contributed by atoms with van der Waals surface area (Å²) in [6.07, 6.45) is 2.80. The molecule has 0 bridgehead atoms. The first-order chi connectivity index (χ1) is 11.1. The normalized spacial score (nSPS) is 21.1. The van der Waals surface area contributed by atoms with Crippen LogP contribution in [0.5, 0.6) is 0 Å². The maximum absolute atomic E-state index is 12.6. The number of amides is 2. The molecule has 3 rings (SSSR count). The maximum Gasteiger partial charge on any atom is 0.253 e. The molecular formula is C17H23Cl2N3O2. The Morgan fingerprint density at radius 3 is 2.33 bits per heavy atom. The summed E-state index contributed by atoms with van der Waals surface area (Å²) in [7, 11) is 0. The molecule has 2 heterocycles. The minimum atomic E-state index is -0.0338. The van der Waals surface area contributed by atoms with Crippen LogP contribution >= 0.6 is 24.0 Å². The molecule has 2 fully saturated rings. The SMILES string of the molecule is Cl.O=C(c1ccc(Cl)cc1)N1CCCN(C(=O)C2CCCN2)CC1. The molecule has 2 aliphatic heterocycles. The number of rotatable bonds is 2. The summed E-state index contributed by atoms with van der Waals surface area (Å²) in [6, 6.07) is 6.93. The lowest BCUT2D eigenvalue weighted by Gasteiger charge is -2.24. The third-order valence-electron chi connectivity index (χ3n) is 4.54. The summed E-state index contributed by atoms with van der Waals surface area (Å²) >= 11 is 5.87. The highest BCUT2D eigenvalue weighted by molar-refractivity contribution is 6.30. The van der Waals surface area contributed by atoms with Crippen molar-refractivity contribution in [2.75, 3.05) is 32.7 Å². The second-order valence-electron chi connectivity index (χ2n) is 6.13. The lowest BCUT2D eigenvalue weighted by atomic mass is 10.2. The molecule has 1 unspecified atom stereocenters. The number of benzene rings is 1. The average Bonchev–Trinajstić information content (AvgIpc) is 2.99. The molecule has 0 saturated carbocycles. The standard InChI is InChI=1S/C17H22ClN3O2.ClH/c18-14-6-4-13(5-7-14)16(22)20-9-2-10-21(12-11-20)17(23)15-3-1-8-19-15;/h4-7,15,19H,1-3,8-12H2;1H. The van der Waals surface area contributed by atoms with Crippen molar-refractivity contribution in [3.05, 3.63) is 34.9 Å². The second kappa shape index (κ2) is 8.70. The van der Waals surface area contributed by atoms with Crippen molar-refractivity contribution in [3.8, 4) is 0 Å². The summed E-state index contributed by atoms with van der Waals surface area (Å²) < 4.78 is 0. The fourth-order valence-corrected chi connectivity index (χ4v) is 3.36. The first kappa shape index (κ1) is 19.0. The lowest BCUT2D eigenvalue weighted by Crippen LogP contribution is -2.45. The van der Waals surface area contributed by atoms with Gasteiger partial charge in [-0.3, -0.25) is 9.59 Å². The van der Waals surface area contributed by atoms with Gasteiger partial charge in [0.05, 0.1) is 6.04 Å². The van der Waals surface area contributed by atoms with Gasteiger partial charge in [0.15, 0.2) is 0 Å². The van der Waals surface area contributed by atoms with Crippen molar-refractivity contribution < 1.29 is 9.59 Å². The van der Waals surface area contributed by atoms with Crippen LogP contribution in [-0.2, 0) is 4.79 Å². The van der Waals surface area contributed by atoms with Crippen LogP contribution in [0, 0.1) is 0 Å². The monoisotopic (exact) mass is 371 g/mol. The van der Waals surface area contributed by atoms with Gasteiger partial charge in [0.25, 0.3) is 5.91 Å². The van der Waals surface area contributed by atoms with Crippen LogP contribution < -0.4 is 5.32 Å². The van der Waals surface area contributed by atoms with E-state index in [4.69, 9.17) is 11.6 Å². The van der Waals surface area contributed by atoms with Gasteiger partial charge in [-0.15, -0.1) is 12.4 Å². The second-order valence-corrected chi connectivity index (χ2v) is 6.56. The quantitative estimate of drug-likeness (QED) is 0.866. The first-order valence-corrected chi connectivity index (χ1v) is 8.60. The smallest absolute Gasteiger partial charge is 0.253 e. The van der Waals surface area contributed by atoms with Crippen LogP contribution in [0.4, 0.5) is 0 Å². The molecule has 5 nitrogen and oxygen atoms in total. The maximum atomic E-state index is 12.6. The Kier molecular flexibility index (Phi) is 6.90. The van der Waals surface area contributed by atoms with Gasteiger partial charge in [0.2, 0.25) is 5.91 Å². The van der Waals surface area contributed by atoms with Gasteiger partial charge in [-0.1, -0.05) is 11.6 Å². The van der Waals surface area contributed by atoms with E-state index in [1.54, 1.807) is 24.3 Å². The van der Waals surface area contributed by atoms with Gasteiger partial charge >= 0.3 is 0 Å². The van der Waals surface area contributed by atoms with Crippen LogP contribution in [0.15, 0.2) is 24.3 Å². The van der Waals surface area contributed by atoms with Crippen LogP contribution in [0.3, 0.4) is 0 Å². The van der Waals surface area contributed by atoms with Crippen LogP contribution in [-0.4, -0.2) is 60.4 Å². The Bertz CT molecular complexity index is 574. The Hall–Kier alpha value is -1.30. The van der Waals surface area contributed by atoms with E-state index in [1.807, 2.05) is 9.80 Å². The van der Waals surface area contributed by atoms with Gasteiger partial charge < -0.3 is 15.1 Å². The van der Waals surface area contributed by atoms with Gasteiger partial charge in [-0.05, 0) is 50.1 Å². The third kappa shape index (κ3) is 4.41. The largest absolute Gasteiger partial charge is 0.340 e. The van der Waals surface area contributed by atoms with Crippen LogP contribution in [0.25, 0.3) is 0 Å². The van der Waals surface area contributed by atoms with Crippen LogP contribution in [0.2, 0.25) is 5.02 Å². The zero-order valence-corrected chi connectivity index (χ0v) is 15.1. The molecule has 2 aliphatic rings. The molecule has 2 amide bonds. The topological polar surface area (TPSA) is 52.7 Å². The van der Waals surface area contributed by atoms with Crippen molar-refractivity contribution in [1.29, 1.82) is 0 Å². The fraction of sp³-hybridized carbons (Fsp3) is 0.529. The van der Waals surface area contributed by atoms with Crippen molar-refractivity contribution in [1.82, 2.24) is 15.1 Å². The van der Waals surface area contributed by atoms with Gasteiger partial charge in [-0.2, -0.15) is 0 Å². The number of nitrogens with zero attached hydrogens (tertiary/aromatic N) is 2. The molecule has 7 heteroatoms. The molecule has 0 spiro atoms. The van der Waals surface area contributed by atoms with Gasteiger partial charge in [-0.25, -0.2) is 0 Å². The van der Waals surface area contributed by atoms with E-state index in [2.05, 4.69) is 5.32 Å². The number of carbonyl (C=O) groups excluding carboxylic acids is 2. The number of carbonyl (C=O) groups is 2. The van der Waals surface area contributed by atoms with E-state index in [-0.39, 0.29) is 30.3 Å². The number of hydrogen-bond acceptors (Lipinski definition) is 3. The Morgan fingerprint density at radius 2 is 1.67 bits per heavy atom. The van der Waals surface area contributed by atoms with Crippen molar-refractivity contribution >= 4 is 35.8 Å². The van der Waals surface area contributed by atoms with E-state index in [1.165, 1.54) is 0 Å². The van der Waals surface area contributed by atoms with Gasteiger partial charge in [0, 0.05) is 36.8 Å². The average molecular weight is 372 g/mol. The molecule has 2 saturated heterocycles. The summed E-state index contributed by atoms with van der Waals surface area (Å²) in [4.78, 5) is 28.8. The molecule has 1 aromatic carbocycles. The summed E-state index contributed by atoms with van der Waals surface area (Å²) in [5.41, 5.74) is 0.645. The number of nitrogens with one attached hydrogen (secondary N) is 1. The van der Waals surface area contributed by atoms with Crippen molar-refractivity contribution in [3.63, 3.8) is 0 Å². The zero-order chi connectivity index (χ0) is 16.2. The number of hydrogen-bond donors (Lipinski definition) is 1. The van der Waals surface area contributed by atoms with E-state index in [0.29, 0.717) is 30.2 Å². The van der Waals surface area contributed by atoms with Crippen LogP contribution in [0.1, 0.15) is 29.6 Å². The molecular weight excluding hydrogens is 349 g/mol. The van der Waals surface area contributed by atoms with Crippen molar-refractivity contribution in [2.24, 2.45) is 0 Å². The summed E-state index contributed by atoms with van der Waals surface area (Å²) in [5.74, 6) is 0.193. The lowest BCUT2D eigenvalue weighted by molar-refractivity contribution is -0.132. The highest BCUT2D eigenvalue weighted by atomic mass is 35.5. The summed E-state index contributed by atoms with van der Waals surface area (Å²) in [5, 5.41) is 3.88. The molecule has 0 aromatic heterocycles. The molecule has 0 aliphatic carbocycles.